The zero-order chi connectivity index (χ0) is 10.3. The van der Waals surface area contributed by atoms with Crippen LogP contribution in [0.2, 0.25) is 0 Å². The third-order valence-electron chi connectivity index (χ3n) is 3.58. The minimum absolute atomic E-state index is 0.524. The van der Waals surface area contributed by atoms with Gasteiger partial charge in [0.1, 0.15) is 0 Å². The Labute approximate surface area is 90.6 Å². The van der Waals surface area contributed by atoms with Crippen molar-refractivity contribution in [2.75, 3.05) is 20.1 Å². The summed E-state index contributed by atoms with van der Waals surface area (Å²) in [5.41, 5.74) is 2.80. The molecule has 2 nitrogen and oxygen atoms in total. The van der Waals surface area contributed by atoms with Gasteiger partial charge in [0.05, 0.1) is 6.04 Å². The molecule has 0 bridgehead atoms. The Bertz CT molecular complexity index is 397. The topological polar surface area (TPSA) is 15.6 Å². The van der Waals surface area contributed by atoms with Crippen LogP contribution < -0.4 is 0 Å². The van der Waals surface area contributed by atoms with E-state index in [-0.39, 0.29) is 0 Å². The molecule has 2 atom stereocenters. The second-order valence-corrected chi connectivity index (χ2v) is 4.63. The number of likely N-dealkylation sites (tertiary alicyclic amines) is 1. The molecule has 0 aromatic heterocycles. The quantitative estimate of drug-likeness (QED) is 0.624. The normalized spacial score (nSPS) is 29.7. The minimum atomic E-state index is 0.524. The molecule has 0 N–H and O–H groups in total. The molecule has 2 aliphatic rings. The van der Waals surface area contributed by atoms with Crippen LogP contribution in [0, 0.1) is 0 Å². The van der Waals surface area contributed by atoms with Crippen LogP contribution >= 0.6 is 0 Å². The van der Waals surface area contributed by atoms with Gasteiger partial charge >= 0.3 is 0 Å². The Morgan fingerprint density at radius 1 is 1.33 bits per heavy atom. The summed E-state index contributed by atoms with van der Waals surface area (Å²) in [6.07, 6.45) is 3.26. The fourth-order valence-corrected chi connectivity index (χ4v) is 2.73. The predicted octanol–water partition coefficient (Wildman–Crippen LogP) is 1.91. The van der Waals surface area contributed by atoms with Crippen LogP contribution in [0.25, 0.3) is 0 Å². The smallest absolute Gasteiger partial charge is 0.0593 e. The molecule has 3 rings (SSSR count). The Hall–Kier alpha value is -1.15. The molecule has 2 unspecified atom stereocenters. The molecule has 78 valence electrons. The average Bonchev–Trinajstić information content (AvgIpc) is 2.29. The van der Waals surface area contributed by atoms with E-state index in [0.29, 0.717) is 12.0 Å². The lowest BCUT2D eigenvalue weighted by atomic mass is 9.82. The second-order valence-electron chi connectivity index (χ2n) is 4.63. The summed E-state index contributed by atoms with van der Waals surface area (Å²) in [7, 11) is 2.21. The van der Waals surface area contributed by atoms with Gasteiger partial charge in [-0.15, -0.1) is 0 Å². The van der Waals surface area contributed by atoms with Crippen molar-refractivity contribution in [1.29, 1.82) is 0 Å². The highest BCUT2D eigenvalue weighted by atomic mass is 15.1. The van der Waals surface area contributed by atoms with E-state index in [2.05, 4.69) is 47.4 Å². The van der Waals surface area contributed by atoms with Crippen LogP contribution in [0.15, 0.2) is 29.3 Å². The largest absolute Gasteiger partial charge is 0.306 e. The molecular weight excluding hydrogens is 184 g/mol. The van der Waals surface area contributed by atoms with Crippen molar-refractivity contribution in [1.82, 2.24) is 4.90 Å². The minimum Gasteiger partial charge on any atom is -0.306 e. The maximum atomic E-state index is 4.68. The summed E-state index contributed by atoms with van der Waals surface area (Å²) in [6.45, 7) is 2.33. The first-order chi connectivity index (χ1) is 7.34. The molecule has 1 fully saturated rings. The van der Waals surface area contributed by atoms with Gasteiger partial charge in [0.2, 0.25) is 0 Å². The van der Waals surface area contributed by atoms with E-state index in [0.717, 1.165) is 6.54 Å². The summed E-state index contributed by atoms with van der Waals surface area (Å²) in [6, 6.07) is 9.19. The van der Waals surface area contributed by atoms with Gasteiger partial charge in [-0.3, -0.25) is 4.99 Å². The van der Waals surface area contributed by atoms with E-state index in [9.17, 15) is 0 Å². The molecule has 2 aliphatic heterocycles. The summed E-state index contributed by atoms with van der Waals surface area (Å²) >= 11 is 0. The van der Waals surface area contributed by atoms with Crippen molar-refractivity contribution in [3.8, 4) is 0 Å². The Balaban J connectivity index is 2.01. The van der Waals surface area contributed by atoms with E-state index in [1.165, 1.54) is 24.1 Å². The molecular formula is C13H16N2. The zero-order valence-electron chi connectivity index (χ0n) is 9.06. The molecule has 0 amide bonds. The van der Waals surface area contributed by atoms with Gasteiger partial charge < -0.3 is 4.90 Å². The number of fused-ring (bicyclic) bond motifs is 3. The number of hydrogen-bond acceptors (Lipinski definition) is 2. The van der Waals surface area contributed by atoms with Gasteiger partial charge in [-0.1, -0.05) is 24.3 Å². The van der Waals surface area contributed by atoms with Crippen LogP contribution in [0.5, 0.6) is 0 Å². The molecule has 2 heterocycles. The van der Waals surface area contributed by atoms with E-state index in [1.54, 1.807) is 0 Å². The number of nitrogens with zero attached hydrogens (tertiary/aromatic N) is 2. The Morgan fingerprint density at radius 2 is 2.20 bits per heavy atom. The predicted molar refractivity (Wildman–Crippen MR) is 62.7 cm³/mol. The first kappa shape index (κ1) is 9.10. The van der Waals surface area contributed by atoms with E-state index >= 15 is 0 Å². The fourth-order valence-electron chi connectivity index (χ4n) is 2.73. The van der Waals surface area contributed by atoms with E-state index in [4.69, 9.17) is 0 Å². The van der Waals surface area contributed by atoms with Crippen LogP contribution in [-0.2, 0) is 0 Å². The first-order valence-corrected chi connectivity index (χ1v) is 5.65. The lowest BCUT2D eigenvalue weighted by Crippen LogP contribution is -2.40. The highest BCUT2D eigenvalue weighted by Crippen LogP contribution is 2.33. The van der Waals surface area contributed by atoms with Crippen molar-refractivity contribution in [2.24, 2.45) is 4.99 Å². The molecule has 0 spiro atoms. The monoisotopic (exact) mass is 200 g/mol. The van der Waals surface area contributed by atoms with Gasteiger partial charge in [-0.05, 0) is 31.1 Å². The standard InChI is InChI=1S/C13H16N2/c1-15-7-6-13-12(9-15)11-5-3-2-4-10(11)8-14-13/h2-5,8,12-13H,6-7,9H2,1H3. The number of piperidine rings is 1. The SMILES string of the molecule is CN1CCC2N=Cc3ccccc3C2C1. The van der Waals surface area contributed by atoms with Gasteiger partial charge in [0.15, 0.2) is 0 Å². The maximum absolute atomic E-state index is 4.68. The number of benzene rings is 1. The summed E-state index contributed by atoms with van der Waals surface area (Å²) in [5, 5.41) is 0. The second kappa shape index (κ2) is 3.46. The molecule has 1 aromatic rings. The molecule has 1 saturated heterocycles. The van der Waals surface area contributed by atoms with Gasteiger partial charge in [0, 0.05) is 18.7 Å². The fraction of sp³-hybridized carbons (Fsp3) is 0.462. The molecule has 1 aromatic carbocycles. The summed E-state index contributed by atoms with van der Waals surface area (Å²) in [5.74, 6) is 0.616. The Kier molecular flexibility index (Phi) is 2.10. The van der Waals surface area contributed by atoms with E-state index < -0.39 is 0 Å². The van der Waals surface area contributed by atoms with Gasteiger partial charge in [-0.25, -0.2) is 0 Å². The van der Waals surface area contributed by atoms with Crippen LogP contribution in [0.1, 0.15) is 23.5 Å². The van der Waals surface area contributed by atoms with E-state index in [1.807, 2.05) is 0 Å². The van der Waals surface area contributed by atoms with Crippen LogP contribution in [0.4, 0.5) is 0 Å². The van der Waals surface area contributed by atoms with Crippen LogP contribution in [-0.4, -0.2) is 37.3 Å². The summed E-state index contributed by atoms with van der Waals surface area (Å²) in [4.78, 5) is 7.09. The molecule has 0 radical (unpaired) electrons. The van der Waals surface area contributed by atoms with Crippen molar-refractivity contribution in [3.05, 3.63) is 35.4 Å². The molecule has 0 saturated carbocycles. The number of aliphatic imine (C=N–C) groups is 1. The Morgan fingerprint density at radius 3 is 3.13 bits per heavy atom. The number of hydrogen-bond donors (Lipinski definition) is 0. The number of rotatable bonds is 0. The zero-order valence-corrected chi connectivity index (χ0v) is 9.06. The first-order valence-electron chi connectivity index (χ1n) is 5.65. The highest BCUT2D eigenvalue weighted by Gasteiger charge is 2.31. The third-order valence-corrected chi connectivity index (χ3v) is 3.58. The van der Waals surface area contributed by atoms with Gasteiger partial charge in [-0.2, -0.15) is 0 Å². The highest BCUT2D eigenvalue weighted by molar-refractivity contribution is 5.83. The van der Waals surface area contributed by atoms with Crippen molar-refractivity contribution >= 4 is 6.21 Å². The molecule has 15 heavy (non-hydrogen) atoms. The maximum Gasteiger partial charge on any atom is 0.0593 e. The lowest BCUT2D eigenvalue weighted by Gasteiger charge is -2.37. The summed E-state index contributed by atoms with van der Waals surface area (Å²) < 4.78 is 0. The average molecular weight is 200 g/mol. The van der Waals surface area contributed by atoms with Crippen LogP contribution in [0.3, 0.4) is 0 Å². The molecule has 0 aliphatic carbocycles. The van der Waals surface area contributed by atoms with Gasteiger partial charge in [0.25, 0.3) is 0 Å². The van der Waals surface area contributed by atoms with Crippen molar-refractivity contribution < 1.29 is 0 Å². The van der Waals surface area contributed by atoms with Crippen molar-refractivity contribution in [3.63, 3.8) is 0 Å². The lowest BCUT2D eigenvalue weighted by molar-refractivity contribution is 0.228. The van der Waals surface area contributed by atoms with Crippen molar-refractivity contribution in [2.45, 2.75) is 18.4 Å². The molecule has 2 heteroatoms. The number of likely N-dealkylation sites (N-methyl/N-ethyl adjacent to an activating group) is 1. The third kappa shape index (κ3) is 1.49.